The van der Waals surface area contributed by atoms with Gasteiger partial charge in [0.25, 0.3) is 0 Å². The van der Waals surface area contributed by atoms with Crippen molar-refractivity contribution in [3.8, 4) is 0 Å². The van der Waals surface area contributed by atoms with E-state index >= 15 is 0 Å². The van der Waals surface area contributed by atoms with Crippen molar-refractivity contribution in [2.24, 2.45) is 5.73 Å². The Bertz CT molecular complexity index is 288. The first-order chi connectivity index (χ1) is 6.77. The molecule has 0 radical (unpaired) electrons. The van der Waals surface area contributed by atoms with E-state index in [1.807, 2.05) is 0 Å². The van der Waals surface area contributed by atoms with Gasteiger partial charge < -0.3 is 10.5 Å². The summed E-state index contributed by atoms with van der Waals surface area (Å²) >= 11 is 0. The molecular formula is C8H15N5O. The summed E-state index contributed by atoms with van der Waals surface area (Å²) < 4.78 is 5.38. The fraction of sp³-hybridized carbons (Fsp3) is 0.875. The lowest BCUT2D eigenvalue weighted by molar-refractivity contribution is -0.0000795. The van der Waals surface area contributed by atoms with Gasteiger partial charge >= 0.3 is 0 Å². The molecule has 1 aromatic rings. The van der Waals surface area contributed by atoms with Gasteiger partial charge in [0.1, 0.15) is 5.54 Å². The number of methoxy groups -OCH3 is 1. The number of rotatable bonds is 2. The average Bonchev–Trinajstić information content (AvgIpc) is 2.72. The van der Waals surface area contributed by atoms with Crippen LogP contribution in [0, 0.1) is 0 Å². The first kappa shape index (κ1) is 9.54. The molecule has 0 spiro atoms. The fourth-order valence-corrected chi connectivity index (χ4v) is 2.11. The van der Waals surface area contributed by atoms with Crippen LogP contribution in [0.5, 0.6) is 0 Å². The summed E-state index contributed by atoms with van der Waals surface area (Å²) in [6.45, 7) is 0. The van der Waals surface area contributed by atoms with Gasteiger partial charge in [0.2, 0.25) is 0 Å². The first-order valence-electron chi connectivity index (χ1n) is 4.83. The van der Waals surface area contributed by atoms with Crippen LogP contribution in [-0.4, -0.2) is 33.8 Å². The summed E-state index contributed by atoms with van der Waals surface area (Å²) in [7, 11) is 1.68. The van der Waals surface area contributed by atoms with Crippen LogP contribution in [0.25, 0.3) is 0 Å². The quantitative estimate of drug-likeness (QED) is 0.693. The third-order valence-electron chi connectivity index (χ3n) is 2.93. The highest BCUT2D eigenvalue weighted by molar-refractivity contribution is 5.07. The number of hydrogen-bond donors (Lipinski definition) is 2. The Kier molecular flexibility index (Phi) is 2.47. The van der Waals surface area contributed by atoms with Gasteiger partial charge in [-0.1, -0.05) is 18.1 Å². The lowest BCUT2D eigenvalue weighted by Gasteiger charge is -2.37. The molecule has 14 heavy (non-hydrogen) atoms. The molecule has 3 N–H and O–H groups in total. The summed E-state index contributed by atoms with van der Waals surface area (Å²) in [5, 5.41) is 13.9. The third-order valence-corrected chi connectivity index (χ3v) is 2.93. The molecule has 0 saturated heterocycles. The molecule has 0 amide bonds. The molecule has 0 bridgehead atoms. The van der Waals surface area contributed by atoms with Crippen molar-refractivity contribution in [1.29, 1.82) is 0 Å². The van der Waals surface area contributed by atoms with Gasteiger partial charge in [-0.05, 0) is 12.8 Å². The predicted molar refractivity (Wildman–Crippen MR) is 49.3 cm³/mol. The van der Waals surface area contributed by atoms with Gasteiger partial charge in [0.15, 0.2) is 5.82 Å². The number of aromatic amines is 1. The lowest BCUT2D eigenvalue weighted by Crippen LogP contribution is -2.51. The zero-order chi connectivity index (χ0) is 10.0. The number of H-pyrrole nitrogens is 1. The topological polar surface area (TPSA) is 89.7 Å². The van der Waals surface area contributed by atoms with E-state index in [-0.39, 0.29) is 6.10 Å². The Hall–Kier alpha value is -1.01. The van der Waals surface area contributed by atoms with Gasteiger partial charge in [-0.2, -0.15) is 5.21 Å². The zero-order valence-corrected chi connectivity index (χ0v) is 8.23. The van der Waals surface area contributed by atoms with Crippen LogP contribution in [0.15, 0.2) is 0 Å². The van der Waals surface area contributed by atoms with E-state index in [2.05, 4.69) is 20.6 Å². The molecule has 1 saturated carbocycles. The van der Waals surface area contributed by atoms with E-state index in [0.29, 0.717) is 5.82 Å². The highest BCUT2D eigenvalue weighted by Crippen LogP contribution is 2.34. The van der Waals surface area contributed by atoms with E-state index in [1.54, 1.807) is 7.11 Å². The number of aromatic nitrogens is 4. The Labute approximate surface area is 82.2 Å². The van der Waals surface area contributed by atoms with Gasteiger partial charge in [-0.15, -0.1) is 10.2 Å². The van der Waals surface area contributed by atoms with Crippen LogP contribution in [0.3, 0.4) is 0 Å². The second kappa shape index (κ2) is 3.62. The van der Waals surface area contributed by atoms with E-state index in [1.165, 1.54) is 0 Å². The molecule has 2 rings (SSSR count). The van der Waals surface area contributed by atoms with Crippen LogP contribution in [0.2, 0.25) is 0 Å². The molecular weight excluding hydrogens is 182 g/mol. The molecule has 1 fully saturated rings. The van der Waals surface area contributed by atoms with Crippen LogP contribution >= 0.6 is 0 Å². The maximum atomic E-state index is 6.27. The van der Waals surface area contributed by atoms with Gasteiger partial charge in [-0.25, -0.2) is 0 Å². The molecule has 1 heterocycles. The van der Waals surface area contributed by atoms with Crippen LogP contribution in [-0.2, 0) is 10.3 Å². The number of ether oxygens (including phenoxy) is 1. The molecule has 0 aromatic carbocycles. The minimum atomic E-state index is -0.569. The Morgan fingerprint density at radius 3 is 3.07 bits per heavy atom. The van der Waals surface area contributed by atoms with Crippen LogP contribution in [0.1, 0.15) is 31.5 Å². The van der Waals surface area contributed by atoms with Gasteiger partial charge in [0.05, 0.1) is 6.10 Å². The van der Waals surface area contributed by atoms with E-state index in [9.17, 15) is 0 Å². The van der Waals surface area contributed by atoms with Crippen LogP contribution in [0.4, 0.5) is 0 Å². The number of hydrogen-bond acceptors (Lipinski definition) is 5. The van der Waals surface area contributed by atoms with E-state index in [0.717, 1.165) is 25.7 Å². The van der Waals surface area contributed by atoms with Crippen LogP contribution < -0.4 is 5.73 Å². The van der Waals surface area contributed by atoms with Gasteiger partial charge in [-0.3, -0.25) is 0 Å². The summed E-state index contributed by atoms with van der Waals surface area (Å²) in [5.41, 5.74) is 5.70. The van der Waals surface area contributed by atoms with Crippen molar-refractivity contribution in [2.45, 2.75) is 37.3 Å². The highest BCUT2D eigenvalue weighted by Gasteiger charge is 2.42. The maximum absolute atomic E-state index is 6.27. The number of nitrogens with zero attached hydrogens (tertiary/aromatic N) is 3. The largest absolute Gasteiger partial charge is 0.379 e. The maximum Gasteiger partial charge on any atom is 0.196 e. The third kappa shape index (κ3) is 1.40. The van der Waals surface area contributed by atoms with Crippen molar-refractivity contribution in [1.82, 2.24) is 20.6 Å². The second-order valence-corrected chi connectivity index (χ2v) is 3.75. The summed E-state index contributed by atoms with van der Waals surface area (Å²) in [4.78, 5) is 0. The second-order valence-electron chi connectivity index (χ2n) is 3.75. The van der Waals surface area contributed by atoms with Crippen molar-refractivity contribution in [3.63, 3.8) is 0 Å². The summed E-state index contributed by atoms with van der Waals surface area (Å²) in [6, 6.07) is 0. The van der Waals surface area contributed by atoms with Gasteiger partial charge in [0, 0.05) is 7.11 Å². The van der Waals surface area contributed by atoms with E-state index in [4.69, 9.17) is 10.5 Å². The molecule has 1 aromatic heterocycles. The molecule has 0 aliphatic heterocycles. The Balaban J connectivity index is 2.27. The lowest BCUT2D eigenvalue weighted by atomic mass is 9.79. The van der Waals surface area contributed by atoms with Crippen molar-refractivity contribution in [3.05, 3.63) is 5.82 Å². The highest BCUT2D eigenvalue weighted by atomic mass is 16.5. The number of nitrogens with two attached hydrogens (primary N) is 1. The van der Waals surface area contributed by atoms with Crippen molar-refractivity contribution in [2.75, 3.05) is 7.11 Å². The van der Waals surface area contributed by atoms with Crippen molar-refractivity contribution < 1.29 is 4.74 Å². The zero-order valence-electron chi connectivity index (χ0n) is 8.23. The SMILES string of the molecule is COC1CCCCC1(N)c1nn[nH]n1. The minimum absolute atomic E-state index is 0.00569. The number of tetrazole rings is 1. The van der Waals surface area contributed by atoms with Crippen molar-refractivity contribution >= 4 is 0 Å². The molecule has 1 aliphatic rings. The molecule has 2 unspecified atom stereocenters. The first-order valence-corrected chi connectivity index (χ1v) is 4.83. The Morgan fingerprint density at radius 1 is 1.57 bits per heavy atom. The average molecular weight is 197 g/mol. The standard InChI is InChI=1S/C8H15N5O/c1-14-6-4-2-3-5-8(6,9)7-10-12-13-11-7/h6H,2-5,9H2,1H3,(H,10,11,12,13). The normalized spacial score (nSPS) is 33.1. The van der Waals surface area contributed by atoms with E-state index < -0.39 is 5.54 Å². The smallest absolute Gasteiger partial charge is 0.196 e. The Morgan fingerprint density at radius 2 is 2.43 bits per heavy atom. The molecule has 6 nitrogen and oxygen atoms in total. The predicted octanol–water partition coefficient (Wildman–Crippen LogP) is -0.0573. The molecule has 2 atom stereocenters. The monoisotopic (exact) mass is 197 g/mol. The molecule has 6 heteroatoms. The summed E-state index contributed by atoms with van der Waals surface area (Å²) in [6.07, 6.45) is 4.04. The molecule has 78 valence electrons. The molecule has 1 aliphatic carbocycles. The minimum Gasteiger partial charge on any atom is -0.379 e. The fourth-order valence-electron chi connectivity index (χ4n) is 2.11. The number of nitrogens with one attached hydrogen (secondary N) is 1. The summed E-state index contributed by atoms with van der Waals surface area (Å²) in [5.74, 6) is 0.559.